The van der Waals surface area contributed by atoms with Crippen LogP contribution < -0.4 is 20.7 Å². The lowest BCUT2D eigenvalue weighted by atomic mass is 9.94. The third-order valence-electron chi connectivity index (χ3n) is 6.35. The van der Waals surface area contributed by atoms with Crippen molar-refractivity contribution in [1.82, 2.24) is 10.6 Å². The Kier molecular flexibility index (Phi) is 10.9. The minimum absolute atomic E-state index is 0.134. The Bertz CT molecular complexity index is 1170. The first-order valence-electron chi connectivity index (χ1n) is 12.6. The first-order chi connectivity index (χ1) is 20.0. The van der Waals surface area contributed by atoms with Crippen LogP contribution in [0.15, 0.2) is 24.3 Å². The van der Waals surface area contributed by atoms with E-state index in [9.17, 15) is 57.9 Å². The molecule has 0 radical (unpaired) electrons. The van der Waals surface area contributed by atoms with Crippen molar-refractivity contribution in [2.24, 2.45) is 0 Å². The van der Waals surface area contributed by atoms with Crippen LogP contribution in [0.3, 0.4) is 0 Å². The van der Waals surface area contributed by atoms with E-state index in [0.29, 0.717) is 0 Å². The molecule has 16 nitrogen and oxygen atoms in total. The lowest BCUT2D eigenvalue weighted by Crippen LogP contribution is -2.70. The molecular weight excluding hydrogens is 595 g/mol. The average molecular weight is 626 g/mol. The first kappa shape index (κ1) is 33.9. The second kappa shape index (κ2) is 13.8. The van der Waals surface area contributed by atoms with Crippen LogP contribution in [0.4, 0.5) is 18.9 Å². The molecule has 10 unspecified atom stereocenters. The summed E-state index contributed by atoms with van der Waals surface area (Å²) in [5, 5.41) is 57.5. The number of nitrogens with one attached hydrogen (secondary N) is 3. The number of anilines is 1. The van der Waals surface area contributed by atoms with Gasteiger partial charge in [0.2, 0.25) is 18.1 Å². The van der Waals surface area contributed by atoms with Gasteiger partial charge in [0.25, 0.3) is 0 Å². The summed E-state index contributed by atoms with van der Waals surface area (Å²) in [6.07, 6.45) is -19.4. The molecule has 3 amide bonds. The number of carbonyl (C=O) groups is 4. The third-order valence-corrected chi connectivity index (χ3v) is 6.35. The van der Waals surface area contributed by atoms with Gasteiger partial charge in [-0.3, -0.25) is 14.4 Å². The summed E-state index contributed by atoms with van der Waals surface area (Å²) in [4.78, 5) is 47.0. The highest BCUT2D eigenvalue weighted by Crippen LogP contribution is 2.31. The molecule has 0 saturated carbocycles. The maximum absolute atomic E-state index is 12.5. The van der Waals surface area contributed by atoms with Gasteiger partial charge in [-0.15, -0.1) is 0 Å². The SMILES string of the molecule is CC(=O)NC1C(OC2C(C(=O)O)OC(Oc3ccc(NC(=O)C(F)(F)F)cc3)C(NC(C)=O)C2O)OC(CO)C(O)C1O. The molecule has 2 heterocycles. The van der Waals surface area contributed by atoms with Gasteiger partial charge < -0.3 is 60.4 Å². The van der Waals surface area contributed by atoms with E-state index in [4.69, 9.17) is 18.9 Å². The molecule has 10 atom stereocenters. The first-order valence-corrected chi connectivity index (χ1v) is 12.6. The van der Waals surface area contributed by atoms with E-state index in [2.05, 4.69) is 10.6 Å². The van der Waals surface area contributed by atoms with Crippen LogP contribution in [0, 0.1) is 0 Å². The number of carboxylic acids is 1. The van der Waals surface area contributed by atoms with Gasteiger partial charge >= 0.3 is 18.1 Å². The number of benzene rings is 1. The molecule has 43 heavy (non-hydrogen) atoms. The second-order valence-corrected chi connectivity index (χ2v) is 9.61. The average Bonchev–Trinajstić information content (AvgIpc) is 2.91. The van der Waals surface area contributed by atoms with Crippen LogP contribution in [0.2, 0.25) is 0 Å². The molecular formula is C24H30F3N3O13. The summed E-state index contributed by atoms with van der Waals surface area (Å²) >= 11 is 0. The molecule has 19 heteroatoms. The molecule has 0 spiro atoms. The quantitative estimate of drug-likeness (QED) is 0.143. The zero-order valence-corrected chi connectivity index (χ0v) is 22.4. The standard InChI is InChI=1S/C24H30F3N3O13/c1-8(32)28-13-16(35)15(34)12(7-31)41-22(13)42-18-17(36)14(29-9(2)33)21(43-19(18)20(37)38)40-11-5-3-10(4-6-11)30-23(39)24(25,26)27/h3-6,12-19,21-22,31,34-36H,7H2,1-2H3,(H,28,32)(H,29,33)(H,30,39)(H,37,38). The topological polar surface area (TPSA) is 242 Å². The summed E-state index contributed by atoms with van der Waals surface area (Å²) in [5.41, 5.74) is -0.260. The maximum atomic E-state index is 12.5. The molecule has 240 valence electrons. The van der Waals surface area contributed by atoms with E-state index in [1.807, 2.05) is 0 Å². The van der Waals surface area contributed by atoms with Gasteiger partial charge in [-0.05, 0) is 24.3 Å². The number of aliphatic hydroxyl groups excluding tert-OH is 4. The summed E-state index contributed by atoms with van der Waals surface area (Å²) in [7, 11) is 0. The summed E-state index contributed by atoms with van der Waals surface area (Å²) in [5.74, 6) is -5.50. The van der Waals surface area contributed by atoms with E-state index in [1.165, 1.54) is 0 Å². The molecule has 2 aliphatic rings. The normalized spacial score (nSPS) is 32.8. The highest BCUT2D eigenvalue weighted by Gasteiger charge is 2.54. The van der Waals surface area contributed by atoms with E-state index in [-0.39, 0.29) is 11.4 Å². The van der Waals surface area contributed by atoms with E-state index in [1.54, 1.807) is 5.32 Å². The number of rotatable bonds is 9. The van der Waals surface area contributed by atoms with Crippen molar-refractivity contribution in [2.45, 2.75) is 81.3 Å². The van der Waals surface area contributed by atoms with Crippen LogP contribution >= 0.6 is 0 Å². The second-order valence-electron chi connectivity index (χ2n) is 9.61. The van der Waals surface area contributed by atoms with E-state index < -0.39 is 97.8 Å². The number of ether oxygens (including phenoxy) is 4. The Hall–Kier alpha value is -3.59. The number of halogens is 3. The smallest absolute Gasteiger partial charge is 0.471 e. The number of hydrogen-bond donors (Lipinski definition) is 8. The zero-order chi connectivity index (χ0) is 32.2. The lowest BCUT2D eigenvalue weighted by molar-refractivity contribution is -0.320. The van der Waals surface area contributed by atoms with Gasteiger partial charge in [0.15, 0.2) is 12.4 Å². The Morgan fingerprint density at radius 3 is 1.93 bits per heavy atom. The van der Waals surface area contributed by atoms with Crippen molar-refractivity contribution in [3.8, 4) is 5.75 Å². The Balaban J connectivity index is 1.86. The highest BCUT2D eigenvalue weighted by atomic mass is 19.4. The van der Waals surface area contributed by atoms with Gasteiger partial charge in [-0.25, -0.2) is 4.79 Å². The molecule has 0 aromatic heterocycles. The summed E-state index contributed by atoms with van der Waals surface area (Å²) < 4.78 is 59.7. The fourth-order valence-electron chi connectivity index (χ4n) is 4.39. The molecule has 0 aliphatic carbocycles. The predicted molar refractivity (Wildman–Crippen MR) is 132 cm³/mol. The van der Waals surface area contributed by atoms with E-state index in [0.717, 1.165) is 38.1 Å². The number of alkyl halides is 3. The largest absolute Gasteiger partial charge is 0.479 e. The van der Waals surface area contributed by atoms with Crippen LogP contribution in [-0.4, -0.2) is 123 Å². The lowest BCUT2D eigenvalue weighted by Gasteiger charge is -2.47. The van der Waals surface area contributed by atoms with Gasteiger partial charge in [0, 0.05) is 19.5 Å². The minimum Gasteiger partial charge on any atom is -0.479 e. The van der Waals surface area contributed by atoms with Gasteiger partial charge in [-0.2, -0.15) is 13.2 Å². The number of carboxylic acid groups (broad SMARTS) is 1. The van der Waals surface area contributed by atoms with Crippen molar-refractivity contribution in [3.63, 3.8) is 0 Å². The fourth-order valence-corrected chi connectivity index (χ4v) is 4.39. The number of amides is 3. The van der Waals surface area contributed by atoms with Crippen molar-refractivity contribution < 1.29 is 76.8 Å². The van der Waals surface area contributed by atoms with Crippen molar-refractivity contribution in [1.29, 1.82) is 0 Å². The van der Waals surface area contributed by atoms with Gasteiger partial charge in [-0.1, -0.05) is 0 Å². The molecule has 3 rings (SSSR count). The molecule has 0 bridgehead atoms. The number of carbonyl (C=O) groups excluding carboxylic acids is 3. The Morgan fingerprint density at radius 1 is 0.884 bits per heavy atom. The van der Waals surface area contributed by atoms with Crippen LogP contribution in [0.25, 0.3) is 0 Å². The van der Waals surface area contributed by atoms with Crippen LogP contribution in [0.1, 0.15) is 13.8 Å². The van der Waals surface area contributed by atoms with Gasteiger partial charge in [0.05, 0.1) is 6.61 Å². The summed E-state index contributed by atoms with van der Waals surface area (Å²) in [6, 6.07) is 1.20. The van der Waals surface area contributed by atoms with Crippen molar-refractivity contribution in [2.75, 3.05) is 11.9 Å². The van der Waals surface area contributed by atoms with Crippen LogP contribution in [0.5, 0.6) is 5.75 Å². The molecule has 1 aromatic rings. The number of aliphatic carboxylic acids is 1. The third kappa shape index (κ3) is 8.28. The zero-order valence-electron chi connectivity index (χ0n) is 22.4. The molecule has 2 aliphatic heterocycles. The Labute approximate surface area is 240 Å². The fraction of sp³-hybridized carbons (Fsp3) is 0.583. The van der Waals surface area contributed by atoms with Gasteiger partial charge in [0.1, 0.15) is 48.4 Å². The van der Waals surface area contributed by atoms with E-state index >= 15 is 0 Å². The minimum atomic E-state index is -5.14. The Morgan fingerprint density at radius 2 is 1.44 bits per heavy atom. The van der Waals surface area contributed by atoms with Crippen molar-refractivity contribution in [3.05, 3.63) is 24.3 Å². The molecule has 1 aromatic carbocycles. The highest BCUT2D eigenvalue weighted by molar-refractivity contribution is 5.94. The summed E-state index contributed by atoms with van der Waals surface area (Å²) in [6.45, 7) is 1.31. The monoisotopic (exact) mass is 625 g/mol. The number of hydrogen-bond acceptors (Lipinski definition) is 12. The van der Waals surface area contributed by atoms with Crippen molar-refractivity contribution >= 4 is 29.4 Å². The number of aliphatic hydroxyl groups is 4. The molecule has 2 fully saturated rings. The maximum Gasteiger partial charge on any atom is 0.471 e. The molecule has 8 N–H and O–H groups in total. The van der Waals surface area contributed by atoms with Crippen LogP contribution in [-0.2, 0) is 33.4 Å². The predicted octanol–water partition coefficient (Wildman–Crippen LogP) is -2.43. The molecule has 2 saturated heterocycles.